The molecule has 18 nitrogen and oxygen atoms in total. The number of nitrogens with one attached hydrogen (secondary N) is 2. The van der Waals surface area contributed by atoms with Crippen LogP contribution in [0.15, 0.2) is 90.3 Å². The Labute approximate surface area is 297 Å². The van der Waals surface area contributed by atoms with Crippen LogP contribution in [0.1, 0.15) is 25.3 Å². The molecule has 0 fully saturated rings. The second-order valence-corrected chi connectivity index (χ2v) is 12.8. The van der Waals surface area contributed by atoms with Crippen molar-refractivity contribution in [2.45, 2.75) is 24.8 Å². The normalized spacial score (nSPS) is 11.2. The number of aromatic nitrogens is 9. The molecule has 6 rings (SSSR count). The number of H-pyrrole nitrogens is 1. The Kier molecular flexibility index (Phi) is 10.4. The molecule has 52 heavy (non-hydrogen) atoms. The highest BCUT2D eigenvalue weighted by molar-refractivity contribution is 7.92. The highest BCUT2D eigenvalue weighted by atomic mass is 32.2. The standard InChI is InChI=1S/C33H31N11O7S/c1-20(2)22-11-12-27(36-19-22)52(47,48)41-31-28(51-25-9-5-4-8-24(25)49-3)32(50-17-16-44(33(45)46)26-10-6-7-14-35-26)38-29(37-31)21-13-15-34-23(18-21)30-39-42-43-40-30/h4-15,18-20H,16-17H2,1-3H3,(H,45,46)(H,37,38,41)(H,39,40,42,43). The van der Waals surface area contributed by atoms with E-state index < -0.39 is 16.1 Å². The van der Waals surface area contributed by atoms with Gasteiger partial charge in [-0.15, -0.1) is 5.10 Å². The minimum atomic E-state index is -4.38. The smallest absolute Gasteiger partial charge is 0.413 e. The van der Waals surface area contributed by atoms with Crippen molar-refractivity contribution in [2.24, 2.45) is 0 Å². The van der Waals surface area contributed by atoms with Crippen LogP contribution >= 0.6 is 0 Å². The number of hydrogen-bond acceptors (Lipinski definition) is 14. The van der Waals surface area contributed by atoms with E-state index in [1.54, 1.807) is 54.6 Å². The first kappa shape index (κ1) is 35.1. The number of tetrazole rings is 1. The molecular formula is C33H31N11O7S. The van der Waals surface area contributed by atoms with E-state index in [9.17, 15) is 18.3 Å². The third-order valence-electron chi connectivity index (χ3n) is 7.36. The Morgan fingerprint density at radius 2 is 1.79 bits per heavy atom. The molecule has 0 saturated carbocycles. The maximum atomic E-state index is 13.8. The molecule has 0 aliphatic rings. The number of anilines is 2. The Balaban J connectivity index is 1.47. The van der Waals surface area contributed by atoms with Gasteiger partial charge in [0.05, 0.1) is 13.7 Å². The predicted octanol–water partition coefficient (Wildman–Crippen LogP) is 4.80. The Hall–Kier alpha value is -6.76. The molecule has 0 unspecified atom stereocenters. The summed E-state index contributed by atoms with van der Waals surface area (Å²) in [7, 11) is -2.94. The van der Waals surface area contributed by atoms with E-state index in [1.807, 2.05) is 13.8 Å². The van der Waals surface area contributed by atoms with Gasteiger partial charge in [-0.3, -0.25) is 14.6 Å². The van der Waals surface area contributed by atoms with Crippen LogP contribution in [0.2, 0.25) is 0 Å². The lowest BCUT2D eigenvalue weighted by Gasteiger charge is -2.20. The molecule has 0 radical (unpaired) electrons. The number of carbonyl (C=O) groups is 1. The fourth-order valence-electron chi connectivity index (χ4n) is 4.72. The van der Waals surface area contributed by atoms with Gasteiger partial charge in [-0.05, 0) is 64.4 Å². The van der Waals surface area contributed by atoms with Gasteiger partial charge < -0.3 is 19.3 Å². The fraction of sp³-hybridized carbons (Fsp3) is 0.182. The number of rotatable bonds is 14. The molecule has 0 atom stereocenters. The van der Waals surface area contributed by atoms with Gasteiger partial charge in [-0.1, -0.05) is 38.1 Å². The zero-order valence-corrected chi connectivity index (χ0v) is 28.7. The minimum absolute atomic E-state index is 0.0147. The number of sulfonamides is 1. The van der Waals surface area contributed by atoms with E-state index in [0.717, 1.165) is 10.5 Å². The van der Waals surface area contributed by atoms with Crippen molar-refractivity contribution in [2.75, 3.05) is 29.9 Å². The number of benzene rings is 1. The molecule has 0 aliphatic carbocycles. The molecule has 5 heterocycles. The fourth-order valence-corrected chi connectivity index (χ4v) is 5.66. The second kappa shape index (κ2) is 15.4. The number of pyridine rings is 3. The van der Waals surface area contributed by atoms with E-state index in [1.165, 1.54) is 37.8 Å². The van der Waals surface area contributed by atoms with Crippen molar-refractivity contribution in [3.05, 3.63) is 90.9 Å². The van der Waals surface area contributed by atoms with Crippen molar-refractivity contribution in [1.29, 1.82) is 0 Å². The van der Waals surface area contributed by atoms with E-state index in [-0.39, 0.29) is 64.8 Å². The van der Waals surface area contributed by atoms with E-state index in [2.05, 4.69) is 50.3 Å². The average molecular weight is 726 g/mol. The van der Waals surface area contributed by atoms with Gasteiger partial charge in [0, 0.05) is 24.2 Å². The molecule has 1 aromatic carbocycles. The topological polar surface area (TPSA) is 233 Å². The van der Waals surface area contributed by atoms with Crippen molar-refractivity contribution < 1.29 is 32.5 Å². The van der Waals surface area contributed by atoms with Gasteiger partial charge in [0.15, 0.2) is 34.0 Å². The van der Waals surface area contributed by atoms with Crippen molar-refractivity contribution in [3.63, 3.8) is 0 Å². The zero-order chi connectivity index (χ0) is 36.7. The van der Waals surface area contributed by atoms with Crippen LogP contribution in [0.4, 0.5) is 16.4 Å². The molecule has 5 aromatic heterocycles. The summed E-state index contributed by atoms with van der Waals surface area (Å²) in [4.78, 5) is 34.9. The van der Waals surface area contributed by atoms with Crippen molar-refractivity contribution in [1.82, 2.24) is 45.5 Å². The molecular weight excluding hydrogens is 694 g/mol. The SMILES string of the molecule is COc1ccccc1Oc1c(NS(=O)(=O)c2ccc(C(C)C)cn2)nc(-c2ccnc(-c3nnn[nH]3)c2)nc1OCCN(C(=O)O)c1ccccn1. The lowest BCUT2D eigenvalue weighted by atomic mass is 10.1. The molecule has 1 amide bonds. The quantitative estimate of drug-likeness (QED) is 0.137. The van der Waals surface area contributed by atoms with Gasteiger partial charge in [-0.25, -0.2) is 24.8 Å². The van der Waals surface area contributed by atoms with Crippen LogP contribution in [-0.4, -0.2) is 85.4 Å². The molecule has 0 aliphatic heterocycles. The summed E-state index contributed by atoms with van der Waals surface area (Å²) >= 11 is 0. The van der Waals surface area contributed by atoms with Crippen LogP contribution in [0, 0.1) is 0 Å². The summed E-state index contributed by atoms with van der Waals surface area (Å²) in [5.41, 5.74) is 1.55. The molecule has 6 aromatic rings. The summed E-state index contributed by atoms with van der Waals surface area (Å²) in [6.07, 6.45) is 3.14. The summed E-state index contributed by atoms with van der Waals surface area (Å²) < 4.78 is 48.0. The number of carboxylic acid groups (broad SMARTS) is 1. The Morgan fingerprint density at radius 3 is 2.46 bits per heavy atom. The van der Waals surface area contributed by atoms with Crippen LogP contribution in [-0.2, 0) is 10.0 Å². The number of para-hydroxylation sites is 2. The Bertz CT molecular complexity index is 2260. The number of amides is 1. The van der Waals surface area contributed by atoms with Gasteiger partial charge in [-0.2, -0.15) is 13.4 Å². The average Bonchev–Trinajstić information content (AvgIpc) is 3.70. The van der Waals surface area contributed by atoms with E-state index in [4.69, 9.17) is 14.2 Å². The predicted molar refractivity (Wildman–Crippen MR) is 186 cm³/mol. The summed E-state index contributed by atoms with van der Waals surface area (Å²) in [5.74, 6) is 0.221. The molecule has 0 bridgehead atoms. The third kappa shape index (κ3) is 7.99. The van der Waals surface area contributed by atoms with E-state index >= 15 is 0 Å². The molecule has 3 N–H and O–H groups in total. The van der Waals surface area contributed by atoms with E-state index in [0.29, 0.717) is 17.0 Å². The van der Waals surface area contributed by atoms with Crippen LogP contribution in [0.3, 0.4) is 0 Å². The molecule has 0 spiro atoms. The molecule has 266 valence electrons. The maximum absolute atomic E-state index is 13.8. The van der Waals surface area contributed by atoms with Crippen LogP contribution < -0.4 is 23.8 Å². The van der Waals surface area contributed by atoms with Gasteiger partial charge in [0.25, 0.3) is 15.9 Å². The number of ether oxygens (including phenoxy) is 3. The largest absolute Gasteiger partial charge is 0.493 e. The maximum Gasteiger partial charge on any atom is 0.413 e. The first-order chi connectivity index (χ1) is 25.1. The number of nitrogens with zero attached hydrogens (tertiary/aromatic N) is 9. The van der Waals surface area contributed by atoms with Gasteiger partial charge in [0.2, 0.25) is 5.75 Å². The third-order valence-corrected chi connectivity index (χ3v) is 8.62. The monoisotopic (exact) mass is 725 g/mol. The first-order valence-corrected chi connectivity index (χ1v) is 17.1. The summed E-state index contributed by atoms with van der Waals surface area (Å²) in [6, 6.07) is 17.7. The number of hydrogen-bond donors (Lipinski definition) is 3. The Morgan fingerprint density at radius 1 is 0.981 bits per heavy atom. The minimum Gasteiger partial charge on any atom is -0.493 e. The summed E-state index contributed by atoms with van der Waals surface area (Å²) in [5, 5.41) is 23.3. The van der Waals surface area contributed by atoms with Crippen LogP contribution in [0.25, 0.3) is 22.9 Å². The van der Waals surface area contributed by atoms with Crippen molar-refractivity contribution in [3.8, 4) is 46.0 Å². The lowest BCUT2D eigenvalue weighted by Crippen LogP contribution is -2.34. The van der Waals surface area contributed by atoms with Crippen LogP contribution in [0.5, 0.6) is 23.1 Å². The highest BCUT2D eigenvalue weighted by Crippen LogP contribution is 2.42. The molecule has 19 heteroatoms. The number of aromatic amines is 1. The zero-order valence-electron chi connectivity index (χ0n) is 27.9. The number of methoxy groups -OCH3 is 1. The van der Waals surface area contributed by atoms with Gasteiger partial charge in [0.1, 0.15) is 18.1 Å². The van der Waals surface area contributed by atoms with Crippen molar-refractivity contribution >= 4 is 27.8 Å². The first-order valence-electron chi connectivity index (χ1n) is 15.6. The highest BCUT2D eigenvalue weighted by Gasteiger charge is 2.27. The second-order valence-electron chi connectivity index (χ2n) is 11.1. The van der Waals surface area contributed by atoms with Gasteiger partial charge >= 0.3 is 6.09 Å². The molecule has 0 saturated heterocycles. The summed E-state index contributed by atoms with van der Waals surface area (Å²) in [6.45, 7) is 3.47. The lowest BCUT2D eigenvalue weighted by molar-refractivity contribution is 0.198.